The molecular weight excluding hydrogens is 321 g/mol. The number of carbonyl (C=O) groups excluding carboxylic acids is 1. The van der Waals surface area contributed by atoms with Gasteiger partial charge in [0.1, 0.15) is 0 Å². The Labute approximate surface area is 169 Å². The molecule has 120 valence electrons. The van der Waals surface area contributed by atoms with E-state index in [1.807, 2.05) is 61.5 Å². The van der Waals surface area contributed by atoms with Crippen molar-refractivity contribution in [1.29, 1.82) is 0 Å². The fourth-order valence-electron chi connectivity index (χ4n) is 2.58. The number of allylic oxidation sites excluding steroid dienone is 1. The molecule has 25 heavy (non-hydrogen) atoms. The average Bonchev–Trinajstić information content (AvgIpc) is 2.60. The summed E-state index contributed by atoms with van der Waals surface area (Å²) in [4.78, 5) is 14.4. The SMILES string of the molecule is CN(C)c1ccc(/C=C/C(=O)c2ccc3ccccc3c2[O-])cc1.[Na+]. The molecule has 0 spiro atoms. The number of rotatable bonds is 4. The molecule has 0 aliphatic heterocycles. The molecule has 0 unspecified atom stereocenters. The van der Waals surface area contributed by atoms with E-state index in [1.165, 1.54) is 6.08 Å². The molecule has 3 nitrogen and oxygen atoms in total. The molecule has 0 aliphatic carbocycles. The van der Waals surface area contributed by atoms with Gasteiger partial charge < -0.3 is 10.0 Å². The van der Waals surface area contributed by atoms with E-state index in [0.29, 0.717) is 5.39 Å². The molecule has 3 aromatic carbocycles. The van der Waals surface area contributed by atoms with Crippen molar-refractivity contribution in [2.45, 2.75) is 0 Å². The van der Waals surface area contributed by atoms with Crippen molar-refractivity contribution in [2.75, 3.05) is 19.0 Å². The third-order valence-corrected chi connectivity index (χ3v) is 3.98. The number of ketones is 1. The van der Waals surface area contributed by atoms with E-state index in [9.17, 15) is 9.90 Å². The Morgan fingerprint density at radius 1 is 0.960 bits per heavy atom. The van der Waals surface area contributed by atoms with E-state index in [1.54, 1.807) is 24.3 Å². The summed E-state index contributed by atoms with van der Waals surface area (Å²) in [5.74, 6) is -0.492. The van der Waals surface area contributed by atoms with Crippen LogP contribution in [0.3, 0.4) is 0 Å². The minimum atomic E-state index is -0.276. The van der Waals surface area contributed by atoms with Gasteiger partial charge in [0.15, 0.2) is 5.78 Å². The predicted octanol–water partition coefficient (Wildman–Crippen LogP) is 0.879. The molecule has 0 N–H and O–H groups in total. The number of anilines is 1. The zero-order valence-corrected chi connectivity index (χ0v) is 16.7. The molecule has 0 atom stereocenters. The number of hydrogen-bond acceptors (Lipinski definition) is 3. The Morgan fingerprint density at radius 2 is 1.64 bits per heavy atom. The first-order valence-electron chi connectivity index (χ1n) is 7.75. The monoisotopic (exact) mass is 339 g/mol. The first kappa shape index (κ1) is 19.3. The van der Waals surface area contributed by atoms with Crippen molar-refractivity contribution in [3.8, 4) is 5.75 Å². The normalized spacial score (nSPS) is 10.6. The molecule has 0 amide bonds. The topological polar surface area (TPSA) is 43.4 Å². The van der Waals surface area contributed by atoms with Crippen LogP contribution >= 0.6 is 0 Å². The smallest absolute Gasteiger partial charge is 0.872 e. The van der Waals surface area contributed by atoms with E-state index in [-0.39, 0.29) is 46.7 Å². The van der Waals surface area contributed by atoms with Crippen LogP contribution in [0.5, 0.6) is 5.75 Å². The summed E-state index contributed by atoms with van der Waals surface area (Å²) in [6, 6.07) is 18.6. The van der Waals surface area contributed by atoms with E-state index < -0.39 is 0 Å². The summed E-state index contributed by atoms with van der Waals surface area (Å²) in [6.07, 6.45) is 3.19. The molecular formula is C21H18NNaO2. The number of benzene rings is 3. The van der Waals surface area contributed by atoms with Gasteiger partial charge in [-0.15, -0.1) is 0 Å². The second-order valence-electron chi connectivity index (χ2n) is 5.85. The minimum absolute atomic E-state index is 0. The van der Waals surface area contributed by atoms with Crippen LogP contribution in [0.1, 0.15) is 15.9 Å². The van der Waals surface area contributed by atoms with Gasteiger partial charge in [-0.3, -0.25) is 4.79 Å². The average molecular weight is 339 g/mol. The van der Waals surface area contributed by atoms with Crippen molar-refractivity contribution < 1.29 is 39.5 Å². The molecule has 3 rings (SSSR count). The van der Waals surface area contributed by atoms with Gasteiger partial charge in [-0.2, -0.15) is 0 Å². The Hall–Kier alpha value is -2.07. The van der Waals surface area contributed by atoms with Gasteiger partial charge in [0.25, 0.3) is 0 Å². The summed E-state index contributed by atoms with van der Waals surface area (Å²) < 4.78 is 0. The molecule has 0 bridgehead atoms. The van der Waals surface area contributed by atoms with Crippen LogP contribution in [0.25, 0.3) is 16.8 Å². The van der Waals surface area contributed by atoms with Gasteiger partial charge in [-0.1, -0.05) is 60.4 Å². The van der Waals surface area contributed by atoms with E-state index in [4.69, 9.17) is 0 Å². The summed E-state index contributed by atoms with van der Waals surface area (Å²) >= 11 is 0. The van der Waals surface area contributed by atoms with E-state index >= 15 is 0 Å². The largest absolute Gasteiger partial charge is 1.00 e. The fraction of sp³-hybridized carbons (Fsp3) is 0.0952. The van der Waals surface area contributed by atoms with Gasteiger partial charge in [0.05, 0.1) is 0 Å². The number of carbonyl (C=O) groups is 1. The van der Waals surface area contributed by atoms with Crippen molar-refractivity contribution in [2.24, 2.45) is 0 Å². The third kappa shape index (κ3) is 4.31. The second kappa shape index (κ2) is 8.34. The third-order valence-electron chi connectivity index (χ3n) is 3.98. The number of fused-ring (bicyclic) bond motifs is 1. The Bertz CT molecular complexity index is 915. The van der Waals surface area contributed by atoms with Crippen LogP contribution in [-0.4, -0.2) is 19.9 Å². The zero-order valence-electron chi connectivity index (χ0n) is 14.7. The summed E-state index contributed by atoms with van der Waals surface area (Å²) in [6.45, 7) is 0. The molecule has 0 aromatic heterocycles. The number of nitrogens with zero attached hydrogens (tertiary/aromatic N) is 1. The first-order valence-corrected chi connectivity index (χ1v) is 7.75. The maximum absolute atomic E-state index is 12.4. The molecule has 0 saturated carbocycles. The van der Waals surface area contributed by atoms with Gasteiger partial charge in [-0.05, 0) is 34.5 Å². The summed E-state index contributed by atoms with van der Waals surface area (Å²) in [5.41, 5.74) is 2.21. The van der Waals surface area contributed by atoms with Crippen LogP contribution in [0.2, 0.25) is 0 Å². The summed E-state index contributed by atoms with van der Waals surface area (Å²) in [7, 11) is 3.95. The fourth-order valence-corrected chi connectivity index (χ4v) is 2.58. The zero-order chi connectivity index (χ0) is 17.1. The Morgan fingerprint density at radius 3 is 2.32 bits per heavy atom. The standard InChI is InChI=1S/C21H19NO2.Na/c1-22(2)17-11-7-15(8-12-17)9-14-20(23)19-13-10-16-5-3-4-6-18(16)21(19)24;/h3-14,24H,1-2H3;/q;+1/p-1/b14-9+;. The summed E-state index contributed by atoms with van der Waals surface area (Å²) in [5, 5.41) is 13.9. The van der Waals surface area contributed by atoms with Crippen LogP contribution in [0.15, 0.2) is 66.7 Å². The molecule has 4 heteroatoms. The molecule has 0 radical (unpaired) electrons. The quantitative estimate of drug-likeness (QED) is 0.403. The van der Waals surface area contributed by atoms with Gasteiger partial charge >= 0.3 is 29.6 Å². The van der Waals surface area contributed by atoms with Crippen LogP contribution in [0, 0.1) is 0 Å². The van der Waals surface area contributed by atoms with Crippen LogP contribution in [0.4, 0.5) is 5.69 Å². The molecule has 0 saturated heterocycles. The van der Waals surface area contributed by atoms with E-state index in [0.717, 1.165) is 16.6 Å². The maximum Gasteiger partial charge on any atom is 1.00 e. The van der Waals surface area contributed by atoms with Crippen LogP contribution < -0.4 is 39.6 Å². The molecule has 0 heterocycles. The number of hydrogen-bond donors (Lipinski definition) is 0. The minimum Gasteiger partial charge on any atom is -0.872 e. The van der Waals surface area contributed by atoms with Crippen molar-refractivity contribution in [1.82, 2.24) is 0 Å². The second-order valence-corrected chi connectivity index (χ2v) is 5.85. The van der Waals surface area contributed by atoms with Crippen molar-refractivity contribution in [3.05, 3.63) is 77.9 Å². The van der Waals surface area contributed by atoms with Crippen LogP contribution in [-0.2, 0) is 0 Å². The maximum atomic E-state index is 12.4. The Balaban J connectivity index is 0.00000225. The molecule has 0 fully saturated rings. The Kier molecular flexibility index (Phi) is 6.43. The van der Waals surface area contributed by atoms with Gasteiger partial charge in [-0.25, -0.2) is 0 Å². The van der Waals surface area contributed by atoms with Crippen molar-refractivity contribution in [3.63, 3.8) is 0 Å². The van der Waals surface area contributed by atoms with Gasteiger partial charge in [0, 0.05) is 25.3 Å². The molecule has 3 aromatic rings. The first-order chi connectivity index (χ1) is 11.6. The van der Waals surface area contributed by atoms with Crippen molar-refractivity contribution >= 4 is 28.3 Å². The molecule has 0 aliphatic rings. The van der Waals surface area contributed by atoms with Gasteiger partial charge in [0.2, 0.25) is 0 Å². The van der Waals surface area contributed by atoms with E-state index in [2.05, 4.69) is 0 Å². The predicted molar refractivity (Wildman–Crippen MR) is 97.5 cm³/mol.